The fourth-order valence-corrected chi connectivity index (χ4v) is 1.70. The topological polar surface area (TPSA) is 84.4 Å². The second-order valence-corrected chi connectivity index (χ2v) is 5.41. The number of carbonyl (C=O) groups excluding carboxylic acids is 1. The summed E-state index contributed by atoms with van der Waals surface area (Å²) >= 11 is 0. The van der Waals surface area contributed by atoms with E-state index < -0.39 is 0 Å². The largest absolute Gasteiger partial charge is 0.360 e. The van der Waals surface area contributed by atoms with Crippen LogP contribution in [0.4, 0.5) is 5.82 Å². The van der Waals surface area contributed by atoms with Crippen LogP contribution in [0.25, 0.3) is 0 Å². The Morgan fingerprint density at radius 2 is 2.28 bits per heavy atom. The van der Waals surface area contributed by atoms with E-state index in [0.29, 0.717) is 24.7 Å². The van der Waals surface area contributed by atoms with Crippen LogP contribution in [0.3, 0.4) is 0 Å². The highest BCUT2D eigenvalue weighted by molar-refractivity contribution is 5.91. The predicted molar refractivity (Wildman–Crippen MR) is 70.2 cm³/mol. The zero-order chi connectivity index (χ0) is 13.8. The predicted octanol–water partition coefficient (Wildman–Crippen LogP) is 0.838. The number of nitrogens with two attached hydrogens (primary N) is 1. The van der Waals surface area contributed by atoms with Crippen LogP contribution >= 0.6 is 0 Å². The van der Waals surface area contributed by atoms with Crippen LogP contribution < -0.4 is 11.1 Å². The van der Waals surface area contributed by atoms with Gasteiger partial charge in [0.1, 0.15) is 5.76 Å². The first kappa shape index (κ1) is 14.7. The number of nitrogens with one attached hydrogen (secondary N) is 1. The molecule has 6 nitrogen and oxygen atoms in total. The van der Waals surface area contributed by atoms with Crippen LogP contribution in [-0.2, 0) is 4.79 Å². The summed E-state index contributed by atoms with van der Waals surface area (Å²) in [7, 11) is 1.89. The molecule has 0 aromatic carbocycles. The molecule has 0 unspecified atom stereocenters. The lowest BCUT2D eigenvalue weighted by Gasteiger charge is -2.28. The second-order valence-electron chi connectivity index (χ2n) is 5.41. The van der Waals surface area contributed by atoms with Gasteiger partial charge in [-0.1, -0.05) is 19.0 Å². The van der Waals surface area contributed by atoms with Gasteiger partial charge >= 0.3 is 0 Å². The summed E-state index contributed by atoms with van der Waals surface area (Å²) in [5.74, 6) is 1.01. The number of anilines is 1. The summed E-state index contributed by atoms with van der Waals surface area (Å²) in [4.78, 5) is 13.7. The molecule has 0 aliphatic rings. The van der Waals surface area contributed by atoms with E-state index in [1.807, 2.05) is 11.9 Å². The SMILES string of the molecule is Cc1cc(NC(=O)CN(C)CC(C)(C)CN)no1. The first-order valence-corrected chi connectivity index (χ1v) is 5.94. The third kappa shape index (κ3) is 4.85. The minimum atomic E-state index is -0.112. The maximum absolute atomic E-state index is 11.7. The third-order valence-corrected chi connectivity index (χ3v) is 2.56. The minimum absolute atomic E-state index is 0.000488. The lowest BCUT2D eigenvalue weighted by Crippen LogP contribution is -2.40. The molecule has 0 fully saturated rings. The van der Waals surface area contributed by atoms with E-state index in [2.05, 4.69) is 24.3 Å². The lowest BCUT2D eigenvalue weighted by molar-refractivity contribution is -0.117. The number of amides is 1. The summed E-state index contributed by atoms with van der Waals surface area (Å²) in [6.07, 6.45) is 0. The number of aryl methyl sites for hydroxylation is 1. The molecule has 102 valence electrons. The molecule has 0 aliphatic carbocycles. The summed E-state index contributed by atoms with van der Waals surface area (Å²) in [5, 5.41) is 6.39. The Morgan fingerprint density at radius 1 is 1.61 bits per heavy atom. The number of hydrogen-bond acceptors (Lipinski definition) is 5. The number of likely N-dealkylation sites (N-methyl/N-ethyl adjacent to an activating group) is 1. The van der Waals surface area contributed by atoms with Gasteiger partial charge in [0.25, 0.3) is 0 Å². The van der Waals surface area contributed by atoms with E-state index >= 15 is 0 Å². The molecule has 1 aromatic rings. The summed E-state index contributed by atoms with van der Waals surface area (Å²) in [6.45, 7) is 7.56. The Morgan fingerprint density at radius 3 is 2.78 bits per heavy atom. The molecular formula is C12H22N4O2. The molecule has 0 atom stereocenters. The molecule has 1 amide bonds. The molecule has 6 heteroatoms. The van der Waals surface area contributed by atoms with Crippen molar-refractivity contribution in [3.63, 3.8) is 0 Å². The number of aromatic nitrogens is 1. The molecule has 1 aromatic heterocycles. The van der Waals surface area contributed by atoms with Gasteiger partial charge < -0.3 is 15.6 Å². The van der Waals surface area contributed by atoms with E-state index in [4.69, 9.17) is 10.3 Å². The first-order chi connectivity index (χ1) is 8.32. The van der Waals surface area contributed by atoms with Crippen molar-refractivity contribution < 1.29 is 9.32 Å². The molecular weight excluding hydrogens is 232 g/mol. The first-order valence-electron chi connectivity index (χ1n) is 5.94. The normalized spacial score (nSPS) is 11.9. The van der Waals surface area contributed by atoms with Crippen LogP contribution in [0.5, 0.6) is 0 Å². The molecule has 18 heavy (non-hydrogen) atoms. The van der Waals surface area contributed by atoms with Crippen molar-refractivity contribution in [2.24, 2.45) is 11.1 Å². The highest BCUT2D eigenvalue weighted by Gasteiger charge is 2.19. The van der Waals surface area contributed by atoms with Gasteiger partial charge in [0.05, 0.1) is 6.54 Å². The van der Waals surface area contributed by atoms with Crippen molar-refractivity contribution >= 4 is 11.7 Å². The summed E-state index contributed by atoms with van der Waals surface area (Å²) in [6, 6.07) is 1.68. The quantitative estimate of drug-likeness (QED) is 0.785. The Labute approximate surface area is 107 Å². The molecule has 0 saturated heterocycles. The van der Waals surface area contributed by atoms with Crippen LogP contribution in [0, 0.1) is 12.3 Å². The molecule has 0 spiro atoms. The van der Waals surface area contributed by atoms with Gasteiger partial charge in [-0.15, -0.1) is 0 Å². The van der Waals surface area contributed by atoms with Gasteiger partial charge in [0, 0.05) is 12.6 Å². The number of carbonyl (C=O) groups is 1. The van der Waals surface area contributed by atoms with Gasteiger partial charge in [0.15, 0.2) is 5.82 Å². The van der Waals surface area contributed by atoms with Crippen molar-refractivity contribution in [1.29, 1.82) is 0 Å². The zero-order valence-electron chi connectivity index (χ0n) is 11.5. The zero-order valence-corrected chi connectivity index (χ0v) is 11.5. The van der Waals surface area contributed by atoms with Gasteiger partial charge in [-0.25, -0.2) is 0 Å². The second kappa shape index (κ2) is 5.97. The average Bonchev–Trinajstić information content (AvgIpc) is 2.62. The van der Waals surface area contributed by atoms with Crippen LogP contribution in [0.1, 0.15) is 19.6 Å². The lowest BCUT2D eigenvalue weighted by atomic mass is 9.93. The van der Waals surface area contributed by atoms with Crippen LogP contribution in [0.15, 0.2) is 10.6 Å². The molecule has 3 N–H and O–H groups in total. The maximum atomic E-state index is 11.7. The number of nitrogens with zero attached hydrogens (tertiary/aromatic N) is 2. The number of hydrogen-bond donors (Lipinski definition) is 2. The maximum Gasteiger partial charge on any atom is 0.239 e. The molecule has 0 aliphatic heterocycles. The van der Waals surface area contributed by atoms with Gasteiger partial charge in [-0.2, -0.15) is 0 Å². The van der Waals surface area contributed by atoms with E-state index in [1.165, 1.54) is 0 Å². The average molecular weight is 254 g/mol. The fourth-order valence-electron chi connectivity index (χ4n) is 1.70. The smallest absolute Gasteiger partial charge is 0.239 e. The van der Waals surface area contributed by atoms with Crippen molar-refractivity contribution in [3.8, 4) is 0 Å². The summed E-state index contributed by atoms with van der Waals surface area (Å²) < 4.78 is 4.87. The highest BCUT2D eigenvalue weighted by Crippen LogP contribution is 2.13. The minimum Gasteiger partial charge on any atom is -0.360 e. The van der Waals surface area contributed by atoms with Crippen LogP contribution in [-0.4, -0.2) is 42.6 Å². The monoisotopic (exact) mass is 254 g/mol. The third-order valence-electron chi connectivity index (χ3n) is 2.56. The Balaban J connectivity index is 2.40. The molecule has 0 bridgehead atoms. The van der Waals surface area contributed by atoms with Gasteiger partial charge in [-0.05, 0) is 25.9 Å². The van der Waals surface area contributed by atoms with Gasteiger partial charge in [0.2, 0.25) is 5.91 Å². The number of rotatable bonds is 6. The molecule has 1 heterocycles. The van der Waals surface area contributed by atoms with E-state index in [9.17, 15) is 4.79 Å². The van der Waals surface area contributed by atoms with E-state index in [0.717, 1.165) is 6.54 Å². The molecule has 0 radical (unpaired) electrons. The highest BCUT2D eigenvalue weighted by atomic mass is 16.5. The molecule has 1 rings (SSSR count). The van der Waals surface area contributed by atoms with E-state index in [-0.39, 0.29) is 11.3 Å². The van der Waals surface area contributed by atoms with Crippen molar-refractivity contribution in [2.45, 2.75) is 20.8 Å². The fraction of sp³-hybridized carbons (Fsp3) is 0.667. The van der Waals surface area contributed by atoms with Crippen molar-refractivity contribution in [3.05, 3.63) is 11.8 Å². The Hall–Kier alpha value is -1.40. The standard InChI is InChI=1S/C12H22N4O2/c1-9-5-10(15-18-9)14-11(17)6-16(4)8-12(2,3)7-13/h5H,6-8,13H2,1-4H3,(H,14,15,17). The van der Waals surface area contributed by atoms with Crippen LogP contribution in [0.2, 0.25) is 0 Å². The summed E-state index contributed by atoms with van der Waals surface area (Å²) in [5.41, 5.74) is 5.66. The molecule has 0 saturated carbocycles. The van der Waals surface area contributed by atoms with E-state index in [1.54, 1.807) is 13.0 Å². The Bertz CT molecular complexity index is 401. The van der Waals surface area contributed by atoms with Crippen molar-refractivity contribution in [1.82, 2.24) is 10.1 Å². The van der Waals surface area contributed by atoms with Crippen molar-refractivity contribution in [2.75, 3.05) is 32.0 Å². The van der Waals surface area contributed by atoms with Gasteiger partial charge in [-0.3, -0.25) is 9.69 Å². The Kier molecular flexibility index (Phi) is 4.86.